The molecule has 1 aliphatic heterocycles. The average molecular weight is 341 g/mol. The van der Waals surface area contributed by atoms with E-state index in [4.69, 9.17) is 4.98 Å². The lowest BCUT2D eigenvalue weighted by Crippen LogP contribution is -2.36. The van der Waals surface area contributed by atoms with E-state index in [0.29, 0.717) is 12.5 Å². The van der Waals surface area contributed by atoms with Crippen molar-refractivity contribution in [3.63, 3.8) is 0 Å². The minimum absolute atomic E-state index is 0.0688. The van der Waals surface area contributed by atoms with Crippen molar-refractivity contribution in [3.8, 4) is 0 Å². The van der Waals surface area contributed by atoms with Crippen LogP contribution in [-0.2, 0) is 26.1 Å². The number of nitrogens with zero attached hydrogens (tertiary/aromatic N) is 4. The Kier molecular flexibility index (Phi) is 4.70. The molecule has 0 atom stereocenters. The number of aromatic amines is 1. The van der Waals surface area contributed by atoms with Gasteiger partial charge >= 0.3 is 0 Å². The number of aryl methyl sites for hydroxylation is 1. The van der Waals surface area contributed by atoms with Crippen LogP contribution in [0.5, 0.6) is 0 Å². The molecule has 4 rings (SSSR count). The first-order chi connectivity index (χ1) is 12.2. The third-order valence-corrected chi connectivity index (χ3v) is 5.65. The van der Waals surface area contributed by atoms with Crippen molar-refractivity contribution in [1.82, 2.24) is 24.6 Å². The first-order valence-electron chi connectivity index (χ1n) is 9.59. The van der Waals surface area contributed by atoms with Gasteiger partial charge in [-0.25, -0.2) is 4.98 Å². The van der Waals surface area contributed by atoms with Crippen LogP contribution in [0.2, 0.25) is 0 Å². The Hall–Kier alpha value is -1.95. The van der Waals surface area contributed by atoms with E-state index in [1.165, 1.54) is 25.0 Å². The molecule has 2 aliphatic rings. The summed E-state index contributed by atoms with van der Waals surface area (Å²) in [5, 5.41) is 4.34. The molecule has 3 heterocycles. The van der Waals surface area contributed by atoms with Gasteiger partial charge in [0.05, 0.1) is 17.0 Å². The smallest absolute Gasteiger partial charge is 0.255 e. The minimum Gasteiger partial charge on any atom is -0.310 e. The van der Waals surface area contributed by atoms with Crippen LogP contribution in [0.4, 0.5) is 0 Å². The molecule has 25 heavy (non-hydrogen) atoms. The molecule has 1 N–H and O–H groups in total. The van der Waals surface area contributed by atoms with Crippen molar-refractivity contribution in [3.05, 3.63) is 45.4 Å². The summed E-state index contributed by atoms with van der Waals surface area (Å²) in [5.74, 6) is 1.38. The number of aromatic nitrogens is 4. The predicted molar refractivity (Wildman–Crippen MR) is 96.4 cm³/mol. The lowest BCUT2D eigenvalue weighted by Gasteiger charge is -2.29. The van der Waals surface area contributed by atoms with Crippen molar-refractivity contribution in [2.45, 2.75) is 71.0 Å². The fraction of sp³-hybridized carbons (Fsp3) is 0.632. The molecule has 0 spiro atoms. The summed E-state index contributed by atoms with van der Waals surface area (Å²) in [7, 11) is 0. The molecule has 0 bridgehead atoms. The van der Waals surface area contributed by atoms with Gasteiger partial charge in [0.2, 0.25) is 0 Å². The summed E-state index contributed by atoms with van der Waals surface area (Å²) in [5.41, 5.74) is 3.14. The van der Waals surface area contributed by atoms with Gasteiger partial charge < -0.3 is 4.98 Å². The Bertz CT molecular complexity index is 787. The second kappa shape index (κ2) is 7.12. The minimum atomic E-state index is 0.0688. The van der Waals surface area contributed by atoms with Gasteiger partial charge in [-0.1, -0.05) is 19.3 Å². The van der Waals surface area contributed by atoms with Crippen molar-refractivity contribution in [1.29, 1.82) is 0 Å². The van der Waals surface area contributed by atoms with Gasteiger partial charge in [0, 0.05) is 44.7 Å². The fourth-order valence-corrected chi connectivity index (χ4v) is 4.21. The van der Waals surface area contributed by atoms with Gasteiger partial charge in [-0.3, -0.25) is 14.4 Å². The van der Waals surface area contributed by atoms with Crippen LogP contribution in [0.25, 0.3) is 0 Å². The van der Waals surface area contributed by atoms with Crippen molar-refractivity contribution >= 4 is 0 Å². The molecular formula is C19H27N5O. The molecule has 2 aromatic rings. The number of fused-ring (bicyclic) bond motifs is 1. The van der Waals surface area contributed by atoms with Gasteiger partial charge in [0.15, 0.2) is 0 Å². The molecule has 0 unspecified atom stereocenters. The largest absolute Gasteiger partial charge is 0.310 e. The highest BCUT2D eigenvalue weighted by molar-refractivity contribution is 5.22. The van der Waals surface area contributed by atoms with Crippen molar-refractivity contribution in [2.24, 2.45) is 0 Å². The van der Waals surface area contributed by atoms with Crippen molar-refractivity contribution in [2.75, 3.05) is 6.54 Å². The molecule has 0 saturated heterocycles. The SMILES string of the molecule is CCn1nccc1CN1CCc2nc(C3CCCCC3)[nH]c(=O)c2C1. The quantitative estimate of drug-likeness (QED) is 0.928. The Morgan fingerprint density at radius 3 is 2.92 bits per heavy atom. The standard InChI is InChI=1S/C19H27N5O/c1-2-24-15(8-10-20-24)12-23-11-9-17-16(13-23)19(25)22-18(21-17)14-6-4-3-5-7-14/h8,10,14H,2-7,9,11-13H2,1H3,(H,21,22,25). The monoisotopic (exact) mass is 341 g/mol. The van der Waals surface area contributed by atoms with Crippen LogP contribution in [0, 0.1) is 0 Å². The third-order valence-electron chi connectivity index (χ3n) is 5.65. The third kappa shape index (κ3) is 3.40. The maximum Gasteiger partial charge on any atom is 0.255 e. The number of hydrogen-bond donors (Lipinski definition) is 1. The van der Waals surface area contributed by atoms with Gasteiger partial charge in [-0.2, -0.15) is 5.10 Å². The maximum absolute atomic E-state index is 12.7. The van der Waals surface area contributed by atoms with Gasteiger partial charge in [-0.05, 0) is 25.8 Å². The summed E-state index contributed by atoms with van der Waals surface area (Å²) < 4.78 is 2.02. The normalized spacial score (nSPS) is 19.1. The van der Waals surface area contributed by atoms with E-state index in [-0.39, 0.29) is 5.56 Å². The molecule has 1 saturated carbocycles. The van der Waals surface area contributed by atoms with Crippen LogP contribution in [0.1, 0.15) is 67.7 Å². The second-order valence-electron chi connectivity index (χ2n) is 7.31. The first-order valence-corrected chi connectivity index (χ1v) is 9.59. The van der Waals surface area contributed by atoms with Crippen molar-refractivity contribution < 1.29 is 0 Å². The highest BCUT2D eigenvalue weighted by Crippen LogP contribution is 2.30. The molecule has 1 aliphatic carbocycles. The molecule has 1 fully saturated rings. The van der Waals surface area contributed by atoms with Crippen LogP contribution >= 0.6 is 0 Å². The zero-order chi connectivity index (χ0) is 17.2. The zero-order valence-corrected chi connectivity index (χ0v) is 15.0. The van der Waals surface area contributed by atoms with E-state index in [1.54, 1.807) is 0 Å². The van der Waals surface area contributed by atoms with Crippen LogP contribution in [0.15, 0.2) is 17.1 Å². The number of H-pyrrole nitrogens is 1. The van der Waals surface area contributed by atoms with E-state index < -0.39 is 0 Å². The number of hydrogen-bond acceptors (Lipinski definition) is 4. The van der Waals surface area contributed by atoms with Crippen LogP contribution in [0.3, 0.4) is 0 Å². The van der Waals surface area contributed by atoms with E-state index in [2.05, 4.69) is 28.0 Å². The molecular weight excluding hydrogens is 314 g/mol. The number of rotatable bonds is 4. The maximum atomic E-state index is 12.7. The lowest BCUT2D eigenvalue weighted by molar-refractivity contribution is 0.233. The van der Waals surface area contributed by atoms with E-state index >= 15 is 0 Å². The van der Waals surface area contributed by atoms with Crippen LogP contribution in [-0.4, -0.2) is 31.2 Å². The average Bonchev–Trinajstić information content (AvgIpc) is 3.10. The number of nitrogens with one attached hydrogen (secondary N) is 1. The summed E-state index contributed by atoms with van der Waals surface area (Å²) in [6, 6.07) is 2.06. The molecule has 134 valence electrons. The van der Waals surface area contributed by atoms with E-state index in [0.717, 1.165) is 56.0 Å². The first kappa shape index (κ1) is 16.5. The Labute approximate surface area is 148 Å². The second-order valence-corrected chi connectivity index (χ2v) is 7.31. The van der Waals surface area contributed by atoms with E-state index in [1.807, 2.05) is 10.9 Å². The molecule has 6 heteroatoms. The highest BCUT2D eigenvalue weighted by Gasteiger charge is 2.24. The molecule has 6 nitrogen and oxygen atoms in total. The summed E-state index contributed by atoms with van der Waals surface area (Å²) in [6.45, 7) is 5.43. The highest BCUT2D eigenvalue weighted by atomic mass is 16.1. The fourth-order valence-electron chi connectivity index (χ4n) is 4.21. The topological polar surface area (TPSA) is 66.8 Å². The molecule has 0 aromatic carbocycles. The Balaban J connectivity index is 1.52. The Morgan fingerprint density at radius 2 is 2.12 bits per heavy atom. The molecule has 2 aromatic heterocycles. The summed E-state index contributed by atoms with van der Waals surface area (Å²) in [6.07, 6.45) is 8.86. The van der Waals surface area contributed by atoms with Gasteiger partial charge in [0.25, 0.3) is 5.56 Å². The van der Waals surface area contributed by atoms with Gasteiger partial charge in [0.1, 0.15) is 5.82 Å². The molecule has 0 amide bonds. The predicted octanol–water partition coefficient (Wildman–Crippen LogP) is 2.59. The van der Waals surface area contributed by atoms with Crippen LogP contribution < -0.4 is 5.56 Å². The lowest BCUT2D eigenvalue weighted by atomic mass is 9.88. The summed E-state index contributed by atoms with van der Waals surface area (Å²) in [4.78, 5) is 22.9. The Morgan fingerprint density at radius 1 is 1.28 bits per heavy atom. The van der Waals surface area contributed by atoms with E-state index in [9.17, 15) is 4.79 Å². The summed E-state index contributed by atoms with van der Waals surface area (Å²) >= 11 is 0. The zero-order valence-electron chi connectivity index (χ0n) is 15.0. The van der Waals surface area contributed by atoms with Gasteiger partial charge in [-0.15, -0.1) is 0 Å². The molecule has 0 radical (unpaired) electrons.